The summed E-state index contributed by atoms with van der Waals surface area (Å²) >= 11 is 0. The average molecular weight is 317 g/mol. The van der Waals surface area contributed by atoms with Crippen LogP contribution < -0.4 is 15.6 Å². The number of aryl methyl sites for hydroxylation is 2. The van der Waals surface area contributed by atoms with Gasteiger partial charge in [0.05, 0.1) is 6.61 Å². The van der Waals surface area contributed by atoms with Crippen molar-refractivity contribution >= 4 is 11.9 Å². The lowest BCUT2D eigenvalue weighted by Gasteiger charge is -2.10. The second-order valence-corrected chi connectivity index (χ2v) is 4.64. The van der Waals surface area contributed by atoms with Gasteiger partial charge in [-0.25, -0.2) is 4.79 Å². The number of hydrazine groups is 1. The lowest BCUT2D eigenvalue weighted by Crippen LogP contribution is -2.37. The fourth-order valence-corrected chi connectivity index (χ4v) is 1.58. The van der Waals surface area contributed by atoms with E-state index in [0.29, 0.717) is 5.75 Å². The molecule has 1 rings (SSSR count). The van der Waals surface area contributed by atoms with Gasteiger partial charge in [0, 0.05) is 6.20 Å². The van der Waals surface area contributed by atoms with Crippen LogP contribution in [0, 0.1) is 25.2 Å². The number of rotatable bonds is 7. The maximum Gasteiger partial charge on any atom is 0.350 e. The van der Waals surface area contributed by atoms with Crippen molar-refractivity contribution in [3.63, 3.8) is 0 Å². The van der Waals surface area contributed by atoms with Gasteiger partial charge in [0.25, 0.3) is 5.91 Å². The summed E-state index contributed by atoms with van der Waals surface area (Å²) in [7, 11) is 0. The van der Waals surface area contributed by atoms with Crippen LogP contribution >= 0.6 is 0 Å². The van der Waals surface area contributed by atoms with E-state index in [9.17, 15) is 9.59 Å². The molecule has 0 fully saturated rings. The molecule has 7 nitrogen and oxygen atoms in total. The number of carbonyl (C=O) groups is 2. The average Bonchev–Trinajstić information content (AvgIpc) is 2.52. The highest BCUT2D eigenvalue weighted by molar-refractivity contribution is 5.92. The largest absolute Gasteiger partial charge is 0.483 e. The number of ether oxygens (including phenoxy) is 2. The van der Waals surface area contributed by atoms with Gasteiger partial charge in [0.15, 0.2) is 12.2 Å². The monoisotopic (exact) mass is 317 g/mol. The van der Waals surface area contributed by atoms with E-state index in [1.54, 1.807) is 13.0 Å². The molecule has 23 heavy (non-hydrogen) atoms. The second-order valence-electron chi connectivity index (χ2n) is 4.64. The third kappa shape index (κ3) is 6.09. The van der Waals surface area contributed by atoms with Gasteiger partial charge in [0.2, 0.25) is 0 Å². The lowest BCUT2D eigenvalue weighted by atomic mass is 10.1. The summed E-state index contributed by atoms with van der Waals surface area (Å²) in [6.45, 7) is 5.40. The molecule has 0 unspecified atom stereocenters. The van der Waals surface area contributed by atoms with Gasteiger partial charge in [-0.15, -0.1) is 0 Å². The molecule has 0 heterocycles. The number of hydrogen-bond donors (Lipinski definition) is 2. The Hall–Kier alpha value is -3.01. The Bertz CT molecular complexity index is 647. The van der Waals surface area contributed by atoms with Crippen LogP contribution in [0.3, 0.4) is 0 Å². The van der Waals surface area contributed by atoms with Gasteiger partial charge < -0.3 is 14.9 Å². The smallest absolute Gasteiger partial charge is 0.350 e. The Balaban J connectivity index is 2.47. The number of nitrogens with one attached hydrogen (secondary N) is 2. The molecule has 0 bridgehead atoms. The molecule has 0 aromatic heterocycles. The first-order chi connectivity index (χ1) is 11.0. The van der Waals surface area contributed by atoms with E-state index in [4.69, 9.17) is 10.00 Å². The van der Waals surface area contributed by atoms with Crippen LogP contribution in [0.5, 0.6) is 5.75 Å². The zero-order valence-electron chi connectivity index (χ0n) is 13.3. The van der Waals surface area contributed by atoms with Crippen molar-refractivity contribution in [1.29, 1.82) is 5.26 Å². The first kappa shape index (κ1) is 18.0. The molecular formula is C16H19N3O4. The van der Waals surface area contributed by atoms with Gasteiger partial charge in [-0.1, -0.05) is 12.1 Å². The van der Waals surface area contributed by atoms with Crippen LogP contribution in [0.4, 0.5) is 0 Å². The van der Waals surface area contributed by atoms with E-state index in [-0.39, 0.29) is 18.8 Å². The molecule has 1 amide bonds. The number of nitriles is 1. The number of amides is 1. The summed E-state index contributed by atoms with van der Waals surface area (Å²) in [6, 6.07) is 7.37. The van der Waals surface area contributed by atoms with Crippen LogP contribution in [0.15, 0.2) is 30.0 Å². The molecule has 0 aliphatic carbocycles. The van der Waals surface area contributed by atoms with Crippen molar-refractivity contribution in [3.8, 4) is 11.8 Å². The van der Waals surface area contributed by atoms with Gasteiger partial charge in [-0.05, 0) is 38.0 Å². The van der Waals surface area contributed by atoms with E-state index in [2.05, 4.69) is 15.6 Å². The van der Waals surface area contributed by atoms with Crippen LogP contribution in [0.2, 0.25) is 0 Å². The fourth-order valence-electron chi connectivity index (χ4n) is 1.58. The number of benzene rings is 1. The van der Waals surface area contributed by atoms with Crippen molar-refractivity contribution in [2.45, 2.75) is 20.8 Å². The predicted molar refractivity (Wildman–Crippen MR) is 83.0 cm³/mol. The second kappa shape index (κ2) is 9.10. The van der Waals surface area contributed by atoms with Gasteiger partial charge in [-0.2, -0.15) is 5.26 Å². The molecule has 0 aliphatic heterocycles. The minimum absolute atomic E-state index is 0.161. The fraction of sp³-hybridized carbons (Fsp3) is 0.312. The summed E-state index contributed by atoms with van der Waals surface area (Å²) in [6.07, 6.45) is 1.06. The van der Waals surface area contributed by atoms with E-state index in [1.807, 2.05) is 32.0 Å². The quantitative estimate of drug-likeness (QED) is 0.340. The number of carbonyl (C=O) groups excluding carboxylic acids is 2. The molecule has 0 saturated heterocycles. The number of nitrogens with zero attached hydrogens (tertiary/aromatic N) is 1. The Morgan fingerprint density at radius 1 is 1.35 bits per heavy atom. The zero-order valence-corrected chi connectivity index (χ0v) is 13.3. The molecule has 0 saturated carbocycles. The Kier molecular flexibility index (Phi) is 7.14. The maximum atomic E-state index is 11.7. The highest BCUT2D eigenvalue weighted by Gasteiger charge is 2.09. The first-order valence-electron chi connectivity index (χ1n) is 6.99. The molecule has 0 spiro atoms. The summed E-state index contributed by atoms with van der Waals surface area (Å²) < 4.78 is 10.1. The van der Waals surface area contributed by atoms with E-state index in [1.165, 1.54) is 0 Å². The van der Waals surface area contributed by atoms with Crippen molar-refractivity contribution in [2.24, 2.45) is 0 Å². The third-order valence-electron chi connectivity index (χ3n) is 2.75. The van der Waals surface area contributed by atoms with E-state index >= 15 is 0 Å². The minimum atomic E-state index is -0.761. The molecule has 0 radical (unpaired) electrons. The summed E-state index contributed by atoms with van der Waals surface area (Å²) in [5.41, 5.74) is 6.37. The van der Waals surface area contributed by atoms with Crippen LogP contribution in [0.1, 0.15) is 18.1 Å². The van der Waals surface area contributed by atoms with Gasteiger partial charge >= 0.3 is 5.97 Å². The Morgan fingerprint density at radius 3 is 2.74 bits per heavy atom. The number of hydrogen-bond acceptors (Lipinski definition) is 6. The maximum absolute atomic E-state index is 11.7. The molecule has 1 aromatic rings. The van der Waals surface area contributed by atoms with Gasteiger partial charge in [0.1, 0.15) is 11.8 Å². The van der Waals surface area contributed by atoms with E-state index < -0.39 is 11.9 Å². The van der Waals surface area contributed by atoms with Gasteiger partial charge in [-0.3, -0.25) is 10.2 Å². The van der Waals surface area contributed by atoms with Crippen molar-refractivity contribution in [2.75, 3.05) is 13.2 Å². The third-order valence-corrected chi connectivity index (χ3v) is 2.75. The standard InChI is InChI=1S/C16H19N3O4/c1-4-22-16(21)13(8-17)9-18-19-15(20)10-23-14-7-11(2)5-6-12(14)3/h5-7,9,18H,4,10H2,1-3H3,(H,19,20)/b13-9+. The lowest BCUT2D eigenvalue weighted by molar-refractivity contribution is -0.138. The molecular weight excluding hydrogens is 298 g/mol. The molecule has 1 aromatic carbocycles. The Morgan fingerprint density at radius 2 is 2.09 bits per heavy atom. The minimum Gasteiger partial charge on any atom is -0.483 e. The van der Waals surface area contributed by atoms with E-state index in [0.717, 1.165) is 17.3 Å². The topological polar surface area (TPSA) is 100 Å². The van der Waals surface area contributed by atoms with Crippen LogP contribution in [0.25, 0.3) is 0 Å². The van der Waals surface area contributed by atoms with Crippen LogP contribution in [-0.4, -0.2) is 25.1 Å². The van der Waals surface area contributed by atoms with Crippen LogP contribution in [-0.2, 0) is 14.3 Å². The van der Waals surface area contributed by atoms with Crippen molar-refractivity contribution < 1.29 is 19.1 Å². The molecule has 122 valence electrons. The Labute approximate surface area is 134 Å². The molecule has 2 N–H and O–H groups in total. The summed E-state index contributed by atoms with van der Waals surface area (Å²) in [5, 5.41) is 8.80. The molecule has 7 heteroatoms. The zero-order chi connectivity index (χ0) is 17.2. The molecule has 0 aliphatic rings. The molecule has 0 atom stereocenters. The normalized spacial score (nSPS) is 10.4. The predicted octanol–water partition coefficient (Wildman–Crippen LogP) is 1.27. The van der Waals surface area contributed by atoms with Crippen molar-refractivity contribution in [3.05, 3.63) is 41.1 Å². The first-order valence-corrected chi connectivity index (χ1v) is 6.99. The SMILES string of the molecule is CCOC(=O)/C(C#N)=C/NNC(=O)COc1cc(C)ccc1C. The summed E-state index contributed by atoms with van der Waals surface area (Å²) in [5.74, 6) is -0.591. The highest BCUT2D eigenvalue weighted by atomic mass is 16.5. The number of esters is 1. The summed E-state index contributed by atoms with van der Waals surface area (Å²) in [4.78, 5) is 23.0. The highest BCUT2D eigenvalue weighted by Crippen LogP contribution is 2.18. The van der Waals surface area contributed by atoms with Crippen molar-refractivity contribution in [1.82, 2.24) is 10.9 Å².